The van der Waals surface area contributed by atoms with Gasteiger partial charge in [-0.25, -0.2) is 18.2 Å². The number of hydrogen-bond donors (Lipinski definition) is 2. The predicted molar refractivity (Wildman–Crippen MR) is 75.2 cm³/mol. The van der Waals surface area contributed by atoms with Crippen LogP contribution in [-0.2, 0) is 10.0 Å². The second kappa shape index (κ2) is 5.38. The lowest BCUT2D eigenvalue weighted by molar-refractivity contribution is 0.0691. The van der Waals surface area contributed by atoms with E-state index in [1.54, 1.807) is 0 Å². The van der Waals surface area contributed by atoms with E-state index in [-0.39, 0.29) is 17.3 Å². The third-order valence-corrected chi connectivity index (χ3v) is 4.38. The summed E-state index contributed by atoms with van der Waals surface area (Å²) in [6.07, 6.45) is 1.27. The highest BCUT2D eigenvalue weighted by molar-refractivity contribution is 7.92. The summed E-state index contributed by atoms with van der Waals surface area (Å²) in [5.41, 5.74) is -0.394. The first kappa shape index (κ1) is 15.3. The van der Waals surface area contributed by atoms with Crippen molar-refractivity contribution in [3.63, 3.8) is 0 Å². The molecule has 2 aromatic rings. The number of sulfonamides is 1. The smallest absolute Gasteiger partial charge is 0.340 e. The maximum Gasteiger partial charge on any atom is 0.340 e. The van der Waals surface area contributed by atoms with Crippen molar-refractivity contribution in [1.29, 1.82) is 0 Å². The van der Waals surface area contributed by atoms with Crippen molar-refractivity contribution in [2.75, 3.05) is 4.72 Å². The zero-order chi connectivity index (χ0) is 15.8. The van der Waals surface area contributed by atoms with Gasteiger partial charge in [-0.3, -0.25) is 4.72 Å². The zero-order valence-corrected chi connectivity index (χ0v) is 12.6. The number of pyridine rings is 1. The molecule has 2 N–H and O–H groups in total. The number of halogens is 1. The summed E-state index contributed by atoms with van der Waals surface area (Å²) in [6.45, 7) is 2.76. The number of carboxylic acid groups (broad SMARTS) is 1. The minimum absolute atomic E-state index is 0.00800. The van der Waals surface area contributed by atoms with Gasteiger partial charge in [0, 0.05) is 6.20 Å². The van der Waals surface area contributed by atoms with Gasteiger partial charge in [-0.05, 0) is 26.0 Å². The monoisotopic (exact) mass is 330 g/mol. The quantitative estimate of drug-likeness (QED) is 0.891. The lowest BCUT2D eigenvalue weighted by Gasteiger charge is -2.07. The van der Waals surface area contributed by atoms with Crippen LogP contribution in [0.3, 0.4) is 0 Å². The molecular formula is C12H11ClN2O5S. The molecule has 0 saturated heterocycles. The molecule has 0 fully saturated rings. The molecule has 0 unspecified atom stereocenters. The lowest BCUT2D eigenvalue weighted by Crippen LogP contribution is -2.17. The molecule has 21 heavy (non-hydrogen) atoms. The van der Waals surface area contributed by atoms with Crippen LogP contribution < -0.4 is 4.72 Å². The highest BCUT2D eigenvalue weighted by Gasteiger charge is 2.31. The van der Waals surface area contributed by atoms with Crippen molar-refractivity contribution in [3.8, 4) is 0 Å². The van der Waals surface area contributed by atoms with E-state index in [0.717, 1.165) is 0 Å². The molecule has 0 atom stereocenters. The normalized spacial score (nSPS) is 11.4. The molecule has 112 valence electrons. The molecule has 7 nitrogen and oxygen atoms in total. The summed E-state index contributed by atoms with van der Waals surface area (Å²) in [6, 6.07) is 2.82. The lowest BCUT2D eigenvalue weighted by atomic mass is 10.2. The molecule has 0 aliphatic heterocycles. The van der Waals surface area contributed by atoms with E-state index in [9.17, 15) is 13.2 Å². The largest absolute Gasteiger partial charge is 0.478 e. The van der Waals surface area contributed by atoms with Crippen LogP contribution in [0.4, 0.5) is 5.82 Å². The zero-order valence-electron chi connectivity index (χ0n) is 11.0. The molecule has 0 aromatic carbocycles. The number of aromatic nitrogens is 1. The second-order valence-electron chi connectivity index (χ2n) is 4.19. The molecule has 2 aromatic heterocycles. The van der Waals surface area contributed by atoms with E-state index in [1.807, 2.05) is 0 Å². The molecule has 2 heterocycles. The Morgan fingerprint density at radius 1 is 1.33 bits per heavy atom. The summed E-state index contributed by atoms with van der Waals surface area (Å²) < 4.78 is 32.0. The maximum atomic E-state index is 12.3. The van der Waals surface area contributed by atoms with Crippen LogP contribution in [0.5, 0.6) is 0 Å². The Morgan fingerprint density at radius 2 is 2.00 bits per heavy atom. The topological polar surface area (TPSA) is 110 Å². The van der Waals surface area contributed by atoms with Crippen LogP contribution in [0.15, 0.2) is 27.6 Å². The molecular weight excluding hydrogens is 320 g/mol. The van der Waals surface area contributed by atoms with E-state index in [1.165, 1.54) is 32.2 Å². The molecule has 0 aliphatic carbocycles. The van der Waals surface area contributed by atoms with Gasteiger partial charge in [0.05, 0.1) is 5.02 Å². The van der Waals surface area contributed by atoms with Crippen molar-refractivity contribution in [3.05, 3.63) is 40.4 Å². The number of aromatic carboxylic acids is 1. The van der Waals surface area contributed by atoms with Crippen LogP contribution in [0.25, 0.3) is 0 Å². The van der Waals surface area contributed by atoms with Gasteiger partial charge in [-0.2, -0.15) is 0 Å². The molecule has 9 heteroatoms. The average molecular weight is 331 g/mol. The Labute approximate surface area is 125 Å². The van der Waals surface area contributed by atoms with E-state index in [4.69, 9.17) is 21.1 Å². The maximum absolute atomic E-state index is 12.3. The fourth-order valence-electron chi connectivity index (χ4n) is 1.86. The van der Waals surface area contributed by atoms with Gasteiger partial charge in [0.1, 0.15) is 27.8 Å². The van der Waals surface area contributed by atoms with Crippen LogP contribution in [-0.4, -0.2) is 24.5 Å². The van der Waals surface area contributed by atoms with Gasteiger partial charge in [-0.1, -0.05) is 11.6 Å². The van der Waals surface area contributed by atoms with E-state index in [2.05, 4.69) is 9.71 Å². The number of hydrogen-bond acceptors (Lipinski definition) is 5. The number of nitrogens with zero attached hydrogens (tertiary/aromatic N) is 1. The predicted octanol–water partition coefficient (Wildman–Crippen LogP) is 2.44. The Hall–Kier alpha value is -2.06. The number of rotatable bonds is 4. The van der Waals surface area contributed by atoms with Gasteiger partial charge in [0.2, 0.25) is 0 Å². The highest BCUT2D eigenvalue weighted by atomic mass is 35.5. The van der Waals surface area contributed by atoms with Crippen LogP contribution in [0, 0.1) is 13.8 Å². The van der Waals surface area contributed by atoms with Gasteiger partial charge in [-0.15, -0.1) is 0 Å². The van der Waals surface area contributed by atoms with E-state index >= 15 is 0 Å². The molecule has 0 aliphatic rings. The van der Waals surface area contributed by atoms with Crippen molar-refractivity contribution in [1.82, 2.24) is 4.98 Å². The van der Waals surface area contributed by atoms with Gasteiger partial charge < -0.3 is 9.52 Å². The molecule has 0 saturated carbocycles. The fourth-order valence-corrected chi connectivity index (χ4v) is 3.39. The van der Waals surface area contributed by atoms with Crippen molar-refractivity contribution >= 4 is 33.4 Å². The van der Waals surface area contributed by atoms with Gasteiger partial charge in [0.15, 0.2) is 0 Å². The molecule has 0 radical (unpaired) electrons. The Bertz CT molecular complexity index is 796. The third kappa shape index (κ3) is 3.01. The molecule has 0 spiro atoms. The molecule has 2 rings (SSSR count). The first-order chi connectivity index (χ1) is 9.72. The Balaban J connectivity index is 2.50. The fraction of sp³-hybridized carbons (Fsp3) is 0.167. The van der Waals surface area contributed by atoms with Gasteiger partial charge in [0.25, 0.3) is 10.0 Å². The highest BCUT2D eigenvalue weighted by Crippen LogP contribution is 2.28. The van der Waals surface area contributed by atoms with Crippen molar-refractivity contribution < 1.29 is 22.7 Å². The Kier molecular flexibility index (Phi) is 3.93. The number of anilines is 1. The van der Waals surface area contributed by atoms with Crippen LogP contribution >= 0.6 is 11.6 Å². The first-order valence-electron chi connectivity index (χ1n) is 5.70. The van der Waals surface area contributed by atoms with Crippen LogP contribution in [0.2, 0.25) is 5.02 Å². The minimum atomic E-state index is -4.14. The molecule has 0 amide bonds. The third-order valence-electron chi connectivity index (χ3n) is 2.65. The number of carbonyl (C=O) groups is 1. The second-order valence-corrected chi connectivity index (χ2v) is 6.25. The number of aryl methyl sites for hydroxylation is 2. The standard InChI is InChI=1S/C12H11ClN2O5S/c1-6-10(12(16)17)11(7(2)20-6)21(18,19)15-9-4-3-8(13)5-14-9/h3-5H,1-2H3,(H,14,15)(H,16,17). The first-order valence-corrected chi connectivity index (χ1v) is 7.56. The summed E-state index contributed by atoms with van der Waals surface area (Å²) in [5, 5.41) is 9.49. The summed E-state index contributed by atoms with van der Waals surface area (Å²) in [5.74, 6) is -1.35. The van der Waals surface area contributed by atoms with Crippen LogP contribution in [0.1, 0.15) is 21.9 Å². The van der Waals surface area contributed by atoms with E-state index in [0.29, 0.717) is 5.02 Å². The number of furan rings is 1. The summed E-state index contributed by atoms with van der Waals surface area (Å²) >= 11 is 5.66. The average Bonchev–Trinajstić information content (AvgIpc) is 2.67. The summed E-state index contributed by atoms with van der Waals surface area (Å²) in [4.78, 5) is 14.6. The van der Waals surface area contributed by atoms with E-state index < -0.39 is 26.5 Å². The van der Waals surface area contributed by atoms with Crippen molar-refractivity contribution in [2.24, 2.45) is 0 Å². The Morgan fingerprint density at radius 3 is 2.52 bits per heavy atom. The molecule has 0 bridgehead atoms. The summed E-state index contributed by atoms with van der Waals surface area (Å²) in [7, 11) is -4.14. The van der Waals surface area contributed by atoms with Gasteiger partial charge >= 0.3 is 5.97 Å². The number of nitrogens with one attached hydrogen (secondary N) is 1. The number of carboxylic acids is 1. The van der Waals surface area contributed by atoms with Crippen molar-refractivity contribution in [2.45, 2.75) is 18.7 Å². The SMILES string of the molecule is Cc1oc(C)c(S(=O)(=O)Nc2ccc(Cl)cn2)c1C(=O)O. The minimum Gasteiger partial charge on any atom is -0.478 e.